The number of hydrogen-bond donors (Lipinski definition) is 1. The molecule has 2 aromatic heterocycles. The van der Waals surface area contributed by atoms with E-state index in [-0.39, 0.29) is 5.41 Å². The molecule has 19 heavy (non-hydrogen) atoms. The van der Waals surface area contributed by atoms with Crippen LogP contribution in [0.4, 0.5) is 0 Å². The van der Waals surface area contributed by atoms with Crippen molar-refractivity contribution in [2.24, 2.45) is 5.73 Å². The minimum atomic E-state index is -0.0338. The van der Waals surface area contributed by atoms with Gasteiger partial charge in [-0.1, -0.05) is 20.8 Å². The molecule has 0 aliphatic heterocycles. The van der Waals surface area contributed by atoms with Gasteiger partial charge in [-0.25, -0.2) is 4.98 Å². The molecular formula is C15H20N2O2. The molecule has 102 valence electrons. The predicted molar refractivity (Wildman–Crippen MR) is 73.9 cm³/mol. The summed E-state index contributed by atoms with van der Waals surface area (Å²) in [7, 11) is 0. The van der Waals surface area contributed by atoms with E-state index in [2.05, 4.69) is 25.8 Å². The molecule has 0 aromatic carbocycles. The number of nitrogens with two attached hydrogens (primary N) is 1. The molecule has 2 rings (SSSR count). The van der Waals surface area contributed by atoms with Crippen LogP contribution in [0.1, 0.15) is 37.8 Å². The summed E-state index contributed by atoms with van der Waals surface area (Å²) in [5, 5.41) is 0. The summed E-state index contributed by atoms with van der Waals surface area (Å²) in [4.78, 5) is 4.53. The topological polar surface area (TPSA) is 61.3 Å². The van der Waals surface area contributed by atoms with Gasteiger partial charge in [0, 0.05) is 18.0 Å². The van der Waals surface area contributed by atoms with Gasteiger partial charge >= 0.3 is 0 Å². The first-order chi connectivity index (χ1) is 8.99. The van der Waals surface area contributed by atoms with Crippen LogP contribution < -0.4 is 10.5 Å². The fourth-order valence-corrected chi connectivity index (χ4v) is 1.67. The number of pyridine rings is 1. The maximum Gasteiger partial charge on any atom is 0.214 e. The highest BCUT2D eigenvalue weighted by Crippen LogP contribution is 2.24. The minimum absolute atomic E-state index is 0.0338. The van der Waals surface area contributed by atoms with E-state index in [1.165, 1.54) is 0 Å². The van der Waals surface area contributed by atoms with Gasteiger partial charge in [-0.05, 0) is 23.8 Å². The Bertz CT molecular complexity index is 528. The van der Waals surface area contributed by atoms with Gasteiger partial charge < -0.3 is 14.9 Å². The summed E-state index contributed by atoms with van der Waals surface area (Å²) in [6, 6.07) is 7.61. The average Bonchev–Trinajstić information content (AvgIpc) is 2.88. The molecule has 0 amide bonds. The largest absolute Gasteiger partial charge is 0.469 e. The summed E-state index contributed by atoms with van der Waals surface area (Å²) in [6.07, 6.45) is 1.63. The normalized spacial score (nSPS) is 11.6. The molecular weight excluding hydrogens is 240 g/mol. The van der Waals surface area contributed by atoms with Crippen molar-refractivity contribution in [3.8, 4) is 5.88 Å². The zero-order chi connectivity index (χ0) is 13.9. The third kappa shape index (κ3) is 3.58. The minimum Gasteiger partial charge on any atom is -0.469 e. The molecule has 2 heterocycles. The standard InChI is InChI=1S/C15H20N2O2/c1-15(2,3)13-7-11(9-16)8-14(17-13)19-10-12-5-4-6-18-12/h4-8H,9-10,16H2,1-3H3. The van der Waals surface area contributed by atoms with E-state index in [1.54, 1.807) is 6.26 Å². The van der Waals surface area contributed by atoms with Gasteiger partial charge in [0.2, 0.25) is 5.88 Å². The molecule has 0 saturated carbocycles. The third-order valence-corrected chi connectivity index (χ3v) is 2.81. The van der Waals surface area contributed by atoms with Crippen LogP contribution >= 0.6 is 0 Å². The van der Waals surface area contributed by atoms with Crippen LogP contribution in [-0.2, 0) is 18.6 Å². The maximum atomic E-state index is 5.72. The smallest absolute Gasteiger partial charge is 0.214 e. The second kappa shape index (κ2) is 5.45. The number of aromatic nitrogens is 1. The van der Waals surface area contributed by atoms with E-state index in [9.17, 15) is 0 Å². The first kappa shape index (κ1) is 13.6. The molecule has 0 radical (unpaired) electrons. The molecule has 4 nitrogen and oxygen atoms in total. The van der Waals surface area contributed by atoms with E-state index in [1.807, 2.05) is 24.3 Å². The van der Waals surface area contributed by atoms with Gasteiger partial charge in [-0.15, -0.1) is 0 Å². The van der Waals surface area contributed by atoms with Crippen LogP contribution in [0, 0.1) is 0 Å². The van der Waals surface area contributed by atoms with Crippen molar-refractivity contribution in [3.05, 3.63) is 47.5 Å². The highest BCUT2D eigenvalue weighted by atomic mass is 16.5. The Hall–Kier alpha value is -1.81. The first-order valence-corrected chi connectivity index (χ1v) is 6.36. The number of ether oxygens (including phenoxy) is 1. The van der Waals surface area contributed by atoms with Crippen LogP contribution in [0.3, 0.4) is 0 Å². The molecule has 0 atom stereocenters. The summed E-state index contributed by atoms with van der Waals surface area (Å²) >= 11 is 0. The van der Waals surface area contributed by atoms with Crippen molar-refractivity contribution in [3.63, 3.8) is 0 Å². The van der Waals surface area contributed by atoms with E-state index in [4.69, 9.17) is 14.9 Å². The molecule has 0 aliphatic carbocycles. The lowest BCUT2D eigenvalue weighted by atomic mass is 9.91. The maximum absolute atomic E-state index is 5.72. The summed E-state index contributed by atoms with van der Waals surface area (Å²) in [5.41, 5.74) is 7.69. The van der Waals surface area contributed by atoms with Crippen molar-refractivity contribution in [2.45, 2.75) is 39.3 Å². The molecule has 0 bridgehead atoms. The highest BCUT2D eigenvalue weighted by molar-refractivity contribution is 5.28. The predicted octanol–water partition coefficient (Wildman–Crippen LogP) is 3.01. The van der Waals surface area contributed by atoms with Gasteiger partial charge in [0.25, 0.3) is 0 Å². The highest BCUT2D eigenvalue weighted by Gasteiger charge is 2.17. The molecule has 2 aromatic rings. The lowest BCUT2D eigenvalue weighted by Crippen LogP contribution is -2.15. The molecule has 2 N–H and O–H groups in total. The molecule has 4 heteroatoms. The lowest BCUT2D eigenvalue weighted by Gasteiger charge is -2.19. The Morgan fingerprint density at radius 3 is 2.68 bits per heavy atom. The molecule has 0 unspecified atom stereocenters. The van der Waals surface area contributed by atoms with E-state index >= 15 is 0 Å². The van der Waals surface area contributed by atoms with Crippen LogP contribution in [0.2, 0.25) is 0 Å². The second-order valence-electron chi connectivity index (χ2n) is 5.52. The first-order valence-electron chi connectivity index (χ1n) is 6.36. The Morgan fingerprint density at radius 2 is 2.11 bits per heavy atom. The second-order valence-corrected chi connectivity index (χ2v) is 5.52. The van der Waals surface area contributed by atoms with E-state index in [0.29, 0.717) is 19.0 Å². The Morgan fingerprint density at radius 1 is 1.32 bits per heavy atom. The molecule has 0 fully saturated rings. The lowest BCUT2D eigenvalue weighted by molar-refractivity contribution is 0.258. The molecule has 0 spiro atoms. The Kier molecular flexibility index (Phi) is 3.90. The molecule has 0 aliphatic rings. The summed E-state index contributed by atoms with van der Waals surface area (Å²) in [5.74, 6) is 1.36. The van der Waals surface area contributed by atoms with Gasteiger partial charge in [0.15, 0.2) is 0 Å². The summed E-state index contributed by atoms with van der Waals surface area (Å²) in [6.45, 7) is 7.20. The SMILES string of the molecule is CC(C)(C)c1cc(CN)cc(OCc2ccco2)n1. The Labute approximate surface area is 113 Å². The molecule has 0 saturated heterocycles. The van der Waals surface area contributed by atoms with Crippen molar-refractivity contribution in [2.75, 3.05) is 0 Å². The van der Waals surface area contributed by atoms with Gasteiger partial charge in [0.05, 0.1) is 12.0 Å². The van der Waals surface area contributed by atoms with Crippen molar-refractivity contribution in [1.29, 1.82) is 0 Å². The number of nitrogens with zero attached hydrogens (tertiary/aromatic N) is 1. The van der Waals surface area contributed by atoms with Crippen LogP contribution in [0.5, 0.6) is 5.88 Å². The average molecular weight is 260 g/mol. The summed E-state index contributed by atoms with van der Waals surface area (Å²) < 4.78 is 10.9. The number of rotatable bonds is 4. The monoisotopic (exact) mass is 260 g/mol. The van der Waals surface area contributed by atoms with Crippen LogP contribution in [-0.4, -0.2) is 4.98 Å². The van der Waals surface area contributed by atoms with Gasteiger partial charge in [0.1, 0.15) is 12.4 Å². The van der Waals surface area contributed by atoms with Crippen molar-refractivity contribution < 1.29 is 9.15 Å². The Balaban J connectivity index is 2.19. The quantitative estimate of drug-likeness (QED) is 0.918. The zero-order valence-electron chi connectivity index (χ0n) is 11.6. The third-order valence-electron chi connectivity index (χ3n) is 2.81. The van der Waals surface area contributed by atoms with Crippen LogP contribution in [0.25, 0.3) is 0 Å². The fraction of sp³-hybridized carbons (Fsp3) is 0.400. The van der Waals surface area contributed by atoms with Crippen molar-refractivity contribution in [1.82, 2.24) is 4.98 Å². The van der Waals surface area contributed by atoms with E-state index < -0.39 is 0 Å². The number of furan rings is 1. The van der Waals surface area contributed by atoms with Crippen molar-refractivity contribution >= 4 is 0 Å². The van der Waals surface area contributed by atoms with Gasteiger partial charge in [-0.3, -0.25) is 0 Å². The van der Waals surface area contributed by atoms with Gasteiger partial charge in [-0.2, -0.15) is 0 Å². The van der Waals surface area contributed by atoms with E-state index in [0.717, 1.165) is 17.0 Å². The van der Waals surface area contributed by atoms with Crippen LogP contribution in [0.15, 0.2) is 34.9 Å². The zero-order valence-corrected chi connectivity index (χ0v) is 11.6. The number of hydrogen-bond acceptors (Lipinski definition) is 4. The fourth-order valence-electron chi connectivity index (χ4n) is 1.67.